The van der Waals surface area contributed by atoms with Crippen LogP contribution in [0.4, 0.5) is 0 Å². The Bertz CT molecular complexity index is 91.0. The molecule has 0 unspecified atom stereocenters. The minimum atomic E-state index is 0.750. The number of hydrogen-bond donors (Lipinski definition) is 1. The second-order valence-electron chi connectivity index (χ2n) is 3.73. The Morgan fingerprint density at radius 2 is 1.75 bits per heavy atom. The van der Waals surface area contributed by atoms with Gasteiger partial charge in [-0.1, -0.05) is 40.5 Å². The van der Waals surface area contributed by atoms with Gasteiger partial charge < -0.3 is 5.32 Å². The van der Waals surface area contributed by atoms with E-state index in [9.17, 15) is 0 Å². The van der Waals surface area contributed by atoms with Crippen LogP contribution in [0, 0.1) is 5.92 Å². The molecule has 0 saturated heterocycles. The van der Waals surface area contributed by atoms with Gasteiger partial charge in [0.05, 0.1) is 0 Å². The lowest BCUT2D eigenvalue weighted by molar-refractivity contribution is 0.346. The average molecular weight is 171 g/mol. The Balaban J connectivity index is 3.68. The van der Waals surface area contributed by atoms with Gasteiger partial charge in [0.25, 0.3) is 0 Å². The van der Waals surface area contributed by atoms with Crippen LogP contribution >= 0.6 is 0 Å². The Hall–Kier alpha value is -0.0400. The molecular weight excluding hydrogens is 146 g/mol. The first-order valence-electron chi connectivity index (χ1n) is 5.49. The molecule has 0 aliphatic rings. The minimum Gasteiger partial charge on any atom is -0.314 e. The van der Waals surface area contributed by atoms with Crippen LogP contribution in [0.1, 0.15) is 53.4 Å². The maximum Gasteiger partial charge on any atom is 0.00924 e. The van der Waals surface area contributed by atoms with Gasteiger partial charge in [-0.15, -0.1) is 0 Å². The van der Waals surface area contributed by atoms with Gasteiger partial charge in [-0.2, -0.15) is 0 Å². The molecule has 0 aliphatic carbocycles. The molecule has 2 atom stereocenters. The normalized spacial score (nSPS) is 16.0. The standard InChI is InChI=1S/C11H25N/c1-5-8-11(10(4)7-3)12-9-6-2/h10-12H,5-9H2,1-4H3/t10-,11-/m1/s1. The van der Waals surface area contributed by atoms with Crippen LogP contribution < -0.4 is 5.32 Å². The van der Waals surface area contributed by atoms with Gasteiger partial charge in [0.15, 0.2) is 0 Å². The topological polar surface area (TPSA) is 12.0 Å². The van der Waals surface area contributed by atoms with Crippen molar-refractivity contribution in [3.63, 3.8) is 0 Å². The van der Waals surface area contributed by atoms with Crippen LogP contribution in [0.15, 0.2) is 0 Å². The highest BCUT2D eigenvalue weighted by molar-refractivity contribution is 4.71. The van der Waals surface area contributed by atoms with Gasteiger partial charge in [0.2, 0.25) is 0 Å². The molecule has 0 spiro atoms. The van der Waals surface area contributed by atoms with E-state index >= 15 is 0 Å². The fourth-order valence-electron chi connectivity index (χ4n) is 1.51. The van der Waals surface area contributed by atoms with Gasteiger partial charge >= 0.3 is 0 Å². The number of nitrogens with one attached hydrogen (secondary N) is 1. The zero-order valence-corrected chi connectivity index (χ0v) is 9.19. The second-order valence-corrected chi connectivity index (χ2v) is 3.73. The van der Waals surface area contributed by atoms with Crippen molar-refractivity contribution in [2.45, 2.75) is 59.4 Å². The van der Waals surface area contributed by atoms with E-state index in [1.165, 1.54) is 32.2 Å². The fourth-order valence-corrected chi connectivity index (χ4v) is 1.51. The molecule has 0 aromatic rings. The lowest BCUT2D eigenvalue weighted by Crippen LogP contribution is -2.35. The molecule has 1 nitrogen and oxygen atoms in total. The van der Waals surface area contributed by atoms with E-state index in [2.05, 4.69) is 33.0 Å². The molecule has 0 heterocycles. The van der Waals surface area contributed by atoms with Crippen LogP contribution in [0.25, 0.3) is 0 Å². The Morgan fingerprint density at radius 1 is 1.08 bits per heavy atom. The van der Waals surface area contributed by atoms with Crippen LogP contribution in [-0.4, -0.2) is 12.6 Å². The molecule has 0 aliphatic heterocycles. The lowest BCUT2D eigenvalue weighted by Gasteiger charge is -2.23. The summed E-state index contributed by atoms with van der Waals surface area (Å²) in [7, 11) is 0. The van der Waals surface area contributed by atoms with Crippen LogP contribution in [-0.2, 0) is 0 Å². The fraction of sp³-hybridized carbons (Fsp3) is 1.00. The first-order valence-corrected chi connectivity index (χ1v) is 5.49. The van der Waals surface area contributed by atoms with Crippen LogP contribution in [0.3, 0.4) is 0 Å². The summed E-state index contributed by atoms with van der Waals surface area (Å²) in [5, 5.41) is 3.62. The van der Waals surface area contributed by atoms with E-state index in [1.54, 1.807) is 0 Å². The van der Waals surface area contributed by atoms with Crippen molar-refractivity contribution in [2.24, 2.45) is 5.92 Å². The summed E-state index contributed by atoms with van der Waals surface area (Å²) >= 11 is 0. The van der Waals surface area contributed by atoms with Crippen molar-refractivity contribution < 1.29 is 0 Å². The van der Waals surface area contributed by atoms with Crippen molar-refractivity contribution in [1.82, 2.24) is 5.32 Å². The summed E-state index contributed by atoms with van der Waals surface area (Å²) < 4.78 is 0. The van der Waals surface area contributed by atoms with Crippen molar-refractivity contribution in [2.75, 3.05) is 6.54 Å². The summed E-state index contributed by atoms with van der Waals surface area (Å²) in [6.07, 6.45) is 5.17. The third-order valence-corrected chi connectivity index (χ3v) is 2.59. The maximum absolute atomic E-state index is 3.62. The van der Waals surface area contributed by atoms with E-state index in [-0.39, 0.29) is 0 Å². The molecule has 0 radical (unpaired) electrons. The largest absolute Gasteiger partial charge is 0.314 e. The molecule has 0 bridgehead atoms. The number of hydrogen-bond acceptors (Lipinski definition) is 1. The predicted octanol–water partition coefficient (Wildman–Crippen LogP) is 3.20. The van der Waals surface area contributed by atoms with Gasteiger partial charge in [-0.05, 0) is 25.3 Å². The van der Waals surface area contributed by atoms with Gasteiger partial charge in [0.1, 0.15) is 0 Å². The Morgan fingerprint density at radius 3 is 2.17 bits per heavy atom. The van der Waals surface area contributed by atoms with Crippen molar-refractivity contribution in [3.05, 3.63) is 0 Å². The molecule has 0 saturated carbocycles. The summed E-state index contributed by atoms with van der Waals surface area (Å²) in [4.78, 5) is 0. The highest BCUT2D eigenvalue weighted by atomic mass is 14.9. The first kappa shape index (κ1) is 12.0. The molecule has 0 aromatic carbocycles. The van der Waals surface area contributed by atoms with Gasteiger partial charge in [-0.25, -0.2) is 0 Å². The maximum atomic E-state index is 3.62. The average Bonchev–Trinajstić information content (AvgIpc) is 2.11. The minimum absolute atomic E-state index is 0.750. The Labute approximate surface area is 77.9 Å². The highest BCUT2D eigenvalue weighted by Gasteiger charge is 2.12. The molecule has 0 rings (SSSR count). The number of rotatable bonds is 7. The molecule has 1 N–H and O–H groups in total. The molecule has 1 heteroatoms. The third kappa shape index (κ3) is 4.76. The van der Waals surface area contributed by atoms with E-state index in [1.807, 2.05) is 0 Å². The summed E-state index contributed by atoms with van der Waals surface area (Å²) in [6.45, 7) is 10.3. The first-order chi connectivity index (χ1) is 5.76. The monoisotopic (exact) mass is 171 g/mol. The molecule has 74 valence electrons. The van der Waals surface area contributed by atoms with E-state index < -0.39 is 0 Å². The molecular formula is C11H25N. The van der Waals surface area contributed by atoms with Crippen molar-refractivity contribution >= 4 is 0 Å². The smallest absolute Gasteiger partial charge is 0.00924 e. The third-order valence-electron chi connectivity index (χ3n) is 2.59. The van der Waals surface area contributed by atoms with Gasteiger partial charge in [-0.3, -0.25) is 0 Å². The van der Waals surface area contributed by atoms with E-state index in [0.717, 1.165) is 12.0 Å². The SMILES string of the molecule is CCCN[C@H](CCC)[C@H](C)CC. The quantitative estimate of drug-likeness (QED) is 0.620. The predicted molar refractivity (Wildman–Crippen MR) is 56.4 cm³/mol. The van der Waals surface area contributed by atoms with Crippen molar-refractivity contribution in [3.8, 4) is 0 Å². The lowest BCUT2D eigenvalue weighted by atomic mass is 9.95. The van der Waals surface area contributed by atoms with Crippen LogP contribution in [0.2, 0.25) is 0 Å². The molecule has 0 aromatic heterocycles. The molecule has 0 fully saturated rings. The zero-order chi connectivity index (χ0) is 9.40. The van der Waals surface area contributed by atoms with E-state index in [0.29, 0.717) is 0 Å². The van der Waals surface area contributed by atoms with E-state index in [4.69, 9.17) is 0 Å². The molecule has 12 heavy (non-hydrogen) atoms. The van der Waals surface area contributed by atoms with Gasteiger partial charge in [0, 0.05) is 6.04 Å². The second kappa shape index (κ2) is 7.60. The summed E-state index contributed by atoms with van der Waals surface area (Å²) in [5.41, 5.74) is 0. The van der Waals surface area contributed by atoms with Crippen molar-refractivity contribution in [1.29, 1.82) is 0 Å². The summed E-state index contributed by atoms with van der Waals surface area (Å²) in [6, 6.07) is 0.750. The Kier molecular flexibility index (Phi) is 7.58. The molecule has 0 amide bonds. The van der Waals surface area contributed by atoms with Crippen LogP contribution in [0.5, 0.6) is 0 Å². The zero-order valence-electron chi connectivity index (χ0n) is 9.19. The summed E-state index contributed by atoms with van der Waals surface area (Å²) in [5.74, 6) is 0.830. The highest BCUT2D eigenvalue weighted by Crippen LogP contribution is 2.12.